The minimum Gasteiger partial charge on any atom is -0.494 e. The summed E-state index contributed by atoms with van der Waals surface area (Å²) in [6.07, 6.45) is 0.936. The molecule has 1 amide bonds. The van der Waals surface area contributed by atoms with Crippen molar-refractivity contribution in [3.05, 3.63) is 65.0 Å². The summed E-state index contributed by atoms with van der Waals surface area (Å²) >= 11 is 5.88. The van der Waals surface area contributed by atoms with Gasteiger partial charge in [-0.05, 0) is 55.0 Å². The molecule has 0 N–H and O–H groups in total. The lowest BCUT2D eigenvalue weighted by molar-refractivity contribution is 0.0769. The Morgan fingerprint density at radius 3 is 2.52 bits per heavy atom. The summed E-state index contributed by atoms with van der Waals surface area (Å²) in [5.41, 5.74) is 1.37. The van der Waals surface area contributed by atoms with Crippen LogP contribution in [-0.2, 0) is 6.54 Å². The summed E-state index contributed by atoms with van der Waals surface area (Å²) in [5, 5.41) is 4.60. The Morgan fingerprint density at radius 2 is 1.85 bits per heavy atom. The predicted molar refractivity (Wildman–Crippen MR) is 103 cm³/mol. The molecular weight excluding hydrogens is 366 g/mol. The van der Waals surface area contributed by atoms with Crippen LogP contribution < -0.4 is 4.74 Å². The highest BCUT2D eigenvalue weighted by molar-refractivity contribution is 6.30. The van der Waals surface area contributed by atoms with E-state index >= 15 is 0 Å². The molecule has 7 heteroatoms. The largest absolute Gasteiger partial charge is 0.494 e. The van der Waals surface area contributed by atoms with Gasteiger partial charge in [0.15, 0.2) is 0 Å². The quantitative estimate of drug-likeness (QED) is 0.601. The number of halogens is 1. The van der Waals surface area contributed by atoms with Gasteiger partial charge in [0.2, 0.25) is 11.7 Å². The lowest BCUT2D eigenvalue weighted by atomic mass is 10.2. The van der Waals surface area contributed by atoms with Crippen molar-refractivity contribution in [2.75, 3.05) is 13.7 Å². The standard InChI is InChI=1S/C20H20ClN3O3/c1-3-12-26-17-10-6-15(7-11-17)20(25)24(2)13-18-22-19(23-27-18)14-4-8-16(21)9-5-14/h4-11H,3,12-13H2,1-2H3. The van der Waals surface area contributed by atoms with E-state index in [0.717, 1.165) is 17.7 Å². The number of benzene rings is 2. The molecule has 0 radical (unpaired) electrons. The second kappa shape index (κ2) is 8.68. The second-order valence-corrected chi connectivity index (χ2v) is 6.49. The molecule has 6 nitrogen and oxygen atoms in total. The molecule has 3 aromatic rings. The van der Waals surface area contributed by atoms with E-state index in [2.05, 4.69) is 10.1 Å². The van der Waals surface area contributed by atoms with Gasteiger partial charge in [-0.3, -0.25) is 4.79 Å². The third-order valence-corrected chi connectivity index (χ3v) is 4.12. The van der Waals surface area contributed by atoms with Gasteiger partial charge in [-0.1, -0.05) is 23.7 Å². The molecule has 0 saturated heterocycles. The van der Waals surface area contributed by atoms with Crippen LogP contribution in [-0.4, -0.2) is 34.6 Å². The summed E-state index contributed by atoms with van der Waals surface area (Å²) in [7, 11) is 1.69. The first-order valence-electron chi connectivity index (χ1n) is 8.63. The maximum atomic E-state index is 12.6. The molecule has 140 valence electrons. The Hall–Kier alpha value is -2.86. The maximum absolute atomic E-state index is 12.6. The van der Waals surface area contributed by atoms with Crippen molar-refractivity contribution in [1.29, 1.82) is 0 Å². The number of hydrogen-bond acceptors (Lipinski definition) is 5. The van der Waals surface area contributed by atoms with Gasteiger partial charge in [-0.25, -0.2) is 0 Å². The molecular formula is C20H20ClN3O3. The van der Waals surface area contributed by atoms with Crippen molar-refractivity contribution in [3.8, 4) is 17.1 Å². The molecule has 0 atom stereocenters. The molecule has 0 unspecified atom stereocenters. The summed E-state index contributed by atoms with van der Waals surface area (Å²) in [5.74, 6) is 1.43. The zero-order chi connectivity index (χ0) is 19.2. The Morgan fingerprint density at radius 1 is 1.15 bits per heavy atom. The number of amides is 1. The number of hydrogen-bond donors (Lipinski definition) is 0. The number of rotatable bonds is 7. The van der Waals surface area contributed by atoms with Gasteiger partial charge in [0, 0.05) is 23.2 Å². The van der Waals surface area contributed by atoms with Crippen LogP contribution in [0, 0.1) is 0 Å². The number of aromatic nitrogens is 2. The third-order valence-electron chi connectivity index (χ3n) is 3.86. The lowest BCUT2D eigenvalue weighted by Crippen LogP contribution is -2.26. The van der Waals surface area contributed by atoms with Crippen LogP contribution in [0.2, 0.25) is 5.02 Å². The van der Waals surface area contributed by atoms with Crippen LogP contribution in [0.25, 0.3) is 11.4 Å². The highest BCUT2D eigenvalue weighted by Crippen LogP contribution is 2.19. The SMILES string of the molecule is CCCOc1ccc(C(=O)N(C)Cc2nc(-c3ccc(Cl)cc3)no2)cc1. The van der Waals surface area contributed by atoms with Gasteiger partial charge < -0.3 is 14.2 Å². The number of ether oxygens (including phenoxy) is 1. The molecule has 0 saturated carbocycles. The minimum absolute atomic E-state index is 0.136. The van der Waals surface area contributed by atoms with E-state index in [9.17, 15) is 4.79 Å². The van der Waals surface area contributed by atoms with E-state index < -0.39 is 0 Å². The monoisotopic (exact) mass is 385 g/mol. The lowest BCUT2D eigenvalue weighted by Gasteiger charge is -2.15. The molecule has 0 aliphatic carbocycles. The number of carbonyl (C=O) groups excluding carboxylic acids is 1. The fraction of sp³-hybridized carbons (Fsp3) is 0.250. The van der Waals surface area contributed by atoms with Crippen LogP contribution in [0.5, 0.6) is 5.75 Å². The van der Waals surface area contributed by atoms with Crippen LogP contribution in [0.3, 0.4) is 0 Å². The van der Waals surface area contributed by atoms with E-state index in [1.54, 1.807) is 43.4 Å². The van der Waals surface area contributed by atoms with Crippen molar-refractivity contribution in [2.24, 2.45) is 0 Å². The van der Waals surface area contributed by atoms with Gasteiger partial charge in [0.05, 0.1) is 13.2 Å². The van der Waals surface area contributed by atoms with Crippen molar-refractivity contribution in [1.82, 2.24) is 15.0 Å². The van der Waals surface area contributed by atoms with Gasteiger partial charge in [-0.2, -0.15) is 4.98 Å². The van der Waals surface area contributed by atoms with E-state index in [1.165, 1.54) is 4.90 Å². The summed E-state index contributed by atoms with van der Waals surface area (Å²) in [4.78, 5) is 18.4. The van der Waals surface area contributed by atoms with Crippen molar-refractivity contribution in [3.63, 3.8) is 0 Å². The molecule has 3 rings (SSSR count). The zero-order valence-electron chi connectivity index (χ0n) is 15.2. The molecule has 1 aromatic heterocycles. The smallest absolute Gasteiger partial charge is 0.254 e. The highest BCUT2D eigenvalue weighted by atomic mass is 35.5. The van der Waals surface area contributed by atoms with Gasteiger partial charge >= 0.3 is 0 Å². The fourth-order valence-corrected chi connectivity index (χ4v) is 2.57. The highest BCUT2D eigenvalue weighted by Gasteiger charge is 2.16. The van der Waals surface area contributed by atoms with Crippen molar-refractivity contribution >= 4 is 17.5 Å². The van der Waals surface area contributed by atoms with E-state index in [1.807, 2.05) is 19.1 Å². The van der Waals surface area contributed by atoms with Gasteiger partial charge in [0.1, 0.15) is 5.75 Å². The average molecular weight is 386 g/mol. The summed E-state index contributed by atoms with van der Waals surface area (Å²) < 4.78 is 10.8. The number of nitrogens with zero attached hydrogens (tertiary/aromatic N) is 3. The first-order chi connectivity index (χ1) is 13.1. The number of carbonyl (C=O) groups is 1. The van der Waals surface area contributed by atoms with Crippen LogP contribution in [0.15, 0.2) is 53.1 Å². The van der Waals surface area contributed by atoms with Crippen molar-refractivity contribution in [2.45, 2.75) is 19.9 Å². The zero-order valence-corrected chi connectivity index (χ0v) is 15.9. The predicted octanol–water partition coefficient (Wildman–Crippen LogP) is 4.45. The Balaban J connectivity index is 1.63. The summed E-state index contributed by atoms with van der Waals surface area (Å²) in [6, 6.07) is 14.2. The normalized spacial score (nSPS) is 10.6. The fourth-order valence-electron chi connectivity index (χ4n) is 2.44. The Bertz CT molecular complexity index is 892. The third kappa shape index (κ3) is 4.86. The molecule has 1 heterocycles. The molecule has 2 aromatic carbocycles. The van der Waals surface area contributed by atoms with E-state index in [-0.39, 0.29) is 12.5 Å². The molecule has 0 aliphatic rings. The topological polar surface area (TPSA) is 68.5 Å². The Kier molecular flexibility index (Phi) is 6.08. The van der Waals surface area contributed by atoms with Gasteiger partial charge in [0.25, 0.3) is 5.91 Å². The Labute approximate surface area is 162 Å². The van der Waals surface area contributed by atoms with E-state index in [0.29, 0.717) is 28.9 Å². The van der Waals surface area contributed by atoms with Crippen LogP contribution in [0.4, 0.5) is 0 Å². The van der Waals surface area contributed by atoms with E-state index in [4.69, 9.17) is 20.9 Å². The van der Waals surface area contributed by atoms with Crippen LogP contribution >= 0.6 is 11.6 Å². The molecule has 0 spiro atoms. The first-order valence-corrected chi connectivity index (χ1v) is 9.01. The summed E-state index contributed by atoms with van der Waals surface area (Å²) in [6.45, 7) is 2.91. The maximum Gasteiger partial charge on any atom is 0.254 e. The first kappa shape index (κ1) is 18.9. The molecule has 0 bridgehead atoms. The molecule has 0 aliphatic heterocycles. The second-order valence-electron chi connectivity index (χ2n) is 6.05. The molecule has 27 heavy (non-hydrogen) atoms. The molecule has 0 fully saturated rings. The van der Waals surface area contributed by atoms with Crippen LogP contribution in [0.1, 0.15) is 29.6 Å². The minimum atomic E-state index is -0.136. The van der Waals surface area contributed by atoms with Gasteiger partial charge in [-0.15, -0.1) is 0 Å². The van der Waals surface area contributed by atoms with Crippen molar-refractivity contribution < 1.29 is 14.1 Å². The average Bonchev–Trinajstić information content (AvgIpc) is 3.15.